The van der Waals surface area contributed by atoms with Crippen molar-refractivity contribution in [1.29, 1.82) is 0 Å². The molecule has 0 saturated carbocycles. The molecule has 0 radical (unpaired) electrons. The van der Waals surface area contributed by atoms with Gasteiger partial charge in [-0.1, -0.05) is 49.3 Å². The van der Waals surface area contributed by atoms with Gasteiger partial charge in [-0.15, -0.1) is 0 Å². The van der Waals surface area contributed by atoms with Crippen LogP contribution in [0.5, 0.6) is 0 Å². The highest BCUT2D eigenvalue weighted by Gasteiger charge is 2.24. The molecule has 0 bridgehead atoms. The van der Waals surface area contributed by atoms with E-state index < -0.39 is 0 Å². The van der Waals surface area contributed by atoms with Crippen LogP contribution < -0.4 is 0 Å². The number of hydrogen-bond donors (Lipinski definition) is 1. The highest BCUT2D eigenvalue weighted by Crippen LogP contribution is 2.22. The molecule has 7 nitrogen and oxygen atoms in total. The Morgan fingerprint density at radius 2 is 1.91 bits per heavy atom. The highest BCUT2D eigenvalue weighted by atomic mass is 16.5. The molecule has 2 aromatic carbocycles. The normalized spacial score (nSPS) is 14.9. The van der Waals surface area contributed by atoms with Crippen LogP contribution in [0.4, 0.5) is 0 Å². The van der Waals surface area contributed by atoms with Gasteiger partial charge in [-0.25, -0.2) is 0 Å². The SMILES string of the molecule is CC(C)Cc1nc(-c2cccc(CN3CCN(C(=O)c4cccc5cc[nH]c45)CC3)c2)no1. The molecule has 0 atom stereocenters. The number of H-pyrrole nitrogens is 1. The van der Waals surface area contributed by atoms with Crippen LogP contribution in [0.15, 0.2) is 59.3 Å². The molecule has 3 heterocycles. The maximum absolute atomic E-state index is 13.1. The number of nitrogens with zero attached hydrogens (tertiary/aromatic N) is 4. The molecule has 170 valence electrons. The fourth-order valence-corrected chi connectivity index (χ4v) is 4.41. The highest BCUT2D eigenvalue weighted by molar-refractivity contribution is 6.05. The number of carbonyl (C=O) groups excluding carboxylic acids is 1. The second-order valence-electron chi connectivity index (χ2n) is 9.13. The molecule has 0 unspecified atom stereocenters. The third-order valence-corrected chi connectivity index (χ3v) is 6.12. The average Bonchev–Trinajstić information content (AvgIpc) is 3.48. The lowest BCUT2D eigenvalue weighted by atomic mass is 10.1. The zero-order chi connectivity index (χ0) is 22.8. The number of aromatic amines is 1. The Balaban J connectivity index is 1.21. The van der Waals surface area contributed by atoms with Crippen molar-refractivity contribution in [3.63, 3.8) is 0 Å². The van der Waals surface area contributed by atoms with Gasteiger partial charge in [-0.3, -0.25) is 9.69 Å². The van der Waals surface area contributed by atoms with Crippen LogP contribution in [-0.4, -0.2) is 57.0 Å². The van der Waals surface area contributed by atoms with Crippen LogP contribution >= 0.6 is 0 Å². The van der Waals surface area contributed by atoms with E-state index in [0.717, 1.165) is 61.2 Å². The molecule has 33 heavy (non-hydrogen) atoms. The number of piperazine rings is 1. The van der Waals surface area contributed by atoms with E-state index in [2.05, 4.69) is 46.0 Å². The van der Waals surface area contributed by atoms with Gasteiger partial charge in [0.15, 0.2) is 0 Å². The minimum atomic E-state index is 0.0963. The van der Waals surface area contributed by atoms with Crippen LogP contribution in [0.1, 0.15) is 35.7 Å². The molecule has 0 aliphatic carbocycles. The minimum Gasteiger partial charge on any atom is -0.361 e. The lowest BCUT2D eigenvalue weighted by Gasteiger charge is -2.35. The molecule has 0 spiro atoms. The second kappa shape index (κ2) is 9.19. The number of para-hydroxylation sites is 1. The number of carbonyl (C=O) groups is 1. The van der Waals surface area contributed by atoms with Gasteiger partial charge in [0.25, 0.3) is 5.91 Å². The molecule has 1 fully saturated rings. The predicted molar refractivity (Wildman–Crippen MR) is 128 cm³/mol. The summed E-state index contributed by atoms with van der Waals surface area (Å²) in [5.41, 5.74) is 3.84. The Bertz CT molecular complexity index is 1250. The third kappa shape index (κ3) is 4.68. The van der Waals surface area contributed by atoms with Crippen molar-refractivity contribution in [3.8, 4) is 11.4 Å². The number of rotatable bonds is 6. The molecular weight excluding hydrogens is 414 g/mol. The lowest BCUT2D eigenvalue weighted by Crippen LogP contribution is -2.48. The smallest absolute Gasteiger partial charge is 0.256 e. The molecular formula is C26H29N5O2. The van der Waals surface area contributed by atoms with Crippen molar-refractivity contribution >= 4 is 16.8 Å². The molecule has 1 amide bonds. The first kappa shape index (κ1) is 21.4. The van der Waals surface area contributed by atoms with E-state index in [1.165, 1.54) is 5.56 Å². The molecule has 1 aliphatic rings. The van der Waals surface area contributed by atoms with E-state index in [1.807, 2.05) is 47.5 Å². The fourth-order valence-electron chi connectivity index (χ4n) is 4.41. The fraction of sp³-hybridized carbons (Fsp3) is 0.346. The van der Waals surface area contributed by atoms with Gasteiger partial charge in [0.05, 0.1) is 11.1 Å². The monoisotopic (exact) mass is 443 g/mol. The molecule has 5 rings (SSSR count). The summed E-state index contributed by atoms with van der Waals surface area (Å²) in [7, 11) is 0. The van der Waals surface area contributed by atoms with E-state index in [4.69, 9.17) is 4.52 Å². The lowest BCUT2D eigenvalue weighted by molar-refractivity contribution is 0.0630. The average molecular weight is 444 g/mol. The summed E-state index contributed by atoms with van der Waals surface area (Å²) in [4.78, 5) is 25.2. The summed E-state index contributed by atoms with van der Waals surface area (Å²) in [6.07, 6.45) is 2.67. The van der Waals surface area contributed by atoms with Crippen LogP contribution in [0.25, 0.3) is 22.3 Å². The van der Waals surface area contributed by atoms with Crippen LogP contribution in [-0.2, 0) is 13.0 Å². The first-order valence-corrected chi connectivity index (χ1v) is 11.6. The Hall–Kier alpha value is -3.45. The van der Waals surface area contributed by atoms with Crippen molar-refractivity contribution < 1.29 is 9.32 Å². The molecule has 1 saturated heterocycles. The second-order valence-corrected chi connectivity index (χ2v) is 9.13. The summed E-state index contributed by atoms with van der Waals surface area (Å²) in [6.45, 7) is 8.24. The number of hydrogen-bond acceptors (Lipinski definition) is 5. The Labute approximate surface area is 193 Å². The molecule has 1 aliphatic heterocycles. The Kier molecular flexibility index (Phi) is 5.96. The van der Waals surface area contributed by atoms with Crippen LogP contribution in [0, 0.1) is 5.92 Å². The molecule has 4 aromatic rings. The van der Waals surface area contributed by atoms with Crippen molar-refractivity contribution in [3.05, 3.63) is 71.7 Å². The van der Waals surface area contributed by atoms with E-state index in [0.29, 0.717) is 17.6 Å². The van der Waals surface area contributed by atoms with Crippen molar-refractivity contribution in [2.24, 2.45) is 5.92 Å². The number of benzene rings is 2. The summed E-state index contributed by atoms with van der Waals surface area (Å²) in [5, 5.41) is 5.22. The van der Waals surface area contributed by atoms with Gasteiger partial charge in [-0.2, -0.15) is 4.98 Å². The van der Waals surface area contributed by atoms with E-state index in [-0.39, 0.29) is 5.91 Å². The number of nitrogens with one attached hydrogen (secondary N) is 1. The van der Waals surface area contributed by atoms with E-state index >= 15 is 0 Å². The van der Waals surface area contributed by atoms with Crippen LogP contribution in [0.2, 0.25) is 0 Å². The number of aromatic nitrogens is 3. The number of amides is 1. The maximum atomic E-state index is 13.1. The summed E-state index contributed by atoms with van der Waals surface area (Å²) in [6, 6.07) is 16.2. The summed E-state index contributed by atoms with van der Waals surface area (Å²) < 4.78 is 5.40. The quantitative estimate of drug-likeness (QED) is 0.479. The van der Waals surface area contributed by atoms with E-state index in [9.17, 15) is 4.79 Å². The maximum Gasteiger partial charge on any atom is 0.256 e. The molecule has 1 N–H and O–H groups in total. The Morgan fingerprint density at radius 1 is 1.09 bits per heavy atom. The predicted octanol–water partition coefficient (Wildman–Crippen LogP) is 4.37. The zero-order valence-corrected chi connectivity index (χ0v) is 19.1. The first-order valence-electron chi connectivity index (χ1n) is 11.6. The van der Waals surface area contributed by atoms with Gasteiger partial charge >= 0.3 is 0 Å². The first-order chi connectivity index (χ1) is 16.1. The van der Waals surface area contributed by atoms with Gasteiger partial charge < -0.3 is 14.4 Å². The van der Waals surface area contributed by atoms with Crippen molar-refractivity contribution in [1.82, 2.24) is 24.9 Å². The van der Waals surface area contributed by atoms with Gasteiger partial charge in [0.1, 0.15) is 0 Å². The van der Waals surface area contributed by atoms with Gasteiger partial charge in [0.2, 0.25) is 11.7 Å². The summed E-state index contributed by atoms with van der Waals surface area (Å²) >= 11 is 0. The zero-order valence-electron chi connectivity index (χ0n) is 19.1. The van der Waals surface area contributed by atoms with Gasteiger partial charge in [-0.05, 0) is 29.7 Å². The largest absolute Gasteiger partial charge is 0.361 e. The van der Waals surface area contributed by atoms with Gasteiger partial charge in [0, 0.05) is 56.3 Å². The van der Waals surface area contributed by atoms with Crippen molar-refractivity contribution in [2.45, 2.75) is 26.8 Å². The minimum absolute atomic E-state index is 0.0963. The molecule has 7 heteroatoms. The van der Waals surface area contributed by atoms with Crippen molar-refractivity contribution in [2.75, 3.05) is 26.2 Å². The summed E-state index contributed by atoms with van der Waals surface area (Å²) in [5.74, 6) is 1.90. The standard InChI is InChI=1S/C26H29N5O2/c1-18(2)15-23-28-25(29-33-23)21-7-3-5-19(16-21)17-30-11-13-31(14-12-30)26(32)22-8-4-6-20-9-10-27-24(20)22/h3-10,16,18,27H,11-15,17H2,1-2H3. The number of fused-ring (bicyclic) bond motifs is 1. The van der Waals surface area contributed by atoms with Crippen LogP contribution in [0.3, 0.4) is 0 Å². The Morgan fingerprint density at radius 3 is 2.73 bits per heavy atom. The molecule has 2 aromatic heterocycles. The van der Waals surface area contributed by atoms with E-state index in [1.54, 1.807) is 0 Å². The third-order valence-electron chi connectivity index (χ3n) is 6.12. The topological polar surface area (TPSA) is 78.3 Å².